The van der Waals surface area contributed by atoms with Gasteiger partial charge in [-0.3, -0.25) is 0 Å². The summed E-state index contributed by atoms with van der Waals surface area (Å²) in [5.41, 5.74) is 8.57. The Balaban J connectivity index is 2.36. The molecule has 0 bridgehead atoms. The zero-order chi connectivity index (χ0) is 10.2. The van der Waals surface area contributed by atoms with E-state index in [1.165, 1.54) is 24.0 Å². The Labute approximate surface area is 85.1 Å². The Bertz CT molecular complexity index is 342. The first-order valence-corrected chi connectivity index (χ1v) is 5.07. The summed E-state index contributed by atoms with van der Waals surface area (Å²) in [4.78, 5) is 0. The van der Waals surface area contributed by atoms with Crippen LogP contribution in [0.1, 0.15) is 24.0 Å². The molecule has 0 saturated heterocycles. The first-order valence-electron chi connectivity index (χ1n) is 5.07. The van der Waals surface area contributed by atoms with Gasteiger partial charge < -0.3 is 10.5 Å². The van der Waals surface area contributed by atoms with E-state index in [1.54, 1.807) is 7.11 Å². The topological polar surface area (TPSA) is 35.2 Å². The summed E-state index contributed by atoms with van der Waals surface area (Å²) in [6, 6.07) is 6.43. The van der Waals surface area contributed by atoms with Crippen LogP contribution in [0.4, 0.5) is 0 Å². The highest BCUT2D eigenvalue weighted by Gasteiger charge is 2.42. The smallest absolute Gasteiger partial charge is 0.122 e. The standard InChI is InChI=1S/C12H17NO/c1-9-3-4-10(7-11(9)14-2)12(8-13)5-6-12/h3-4,7H,5-6,8,13H2,1-2H3. The average molecular weight is 191 g/mol. The highest BCUT2D eigenvalue weighted by molar-refractivity contribution is 5.42. The lowest BCUT2D eigenvalue weighted by atomic mass is 9.95. The number of aryl methyl sites for hydroxylation is 1. The van der Waals surface area contributed by atoms with E-state index >= 15 is 0 Å². The lowest BCUT2D eigenvalue weighted by Gasteiger charge is -2.15. The maximum atomic E-state index is 5.79. The van der Waals surface area contributed by atoms with E-state index in [4.69, 9.17) is 10.5 Å². The summed E-state index contributed by atoms with van der Waals surface area (Å²) in [6.45, 7) is 2.81. The normalized spacial score (nSPS) is 17.9. The van der Waals surface area contributed by atoms with Crippen LogP contribution in [0.2, 0.25) is 0 Å². The molecule has 0 aliphatic heterocycles. The molecule has 0 aromatic heterocycles. The molecular weight excluding hydrogens is 174 g/mol. The Morgan fingerprint density at radius 2 is 2.14 bits per heavy atom. The zero-order valence-electron chi connectivity index (χ0n) is 8.84. The third-order valence-electron chi connectivity index (χ3n) is 3.26. The number of methoxy groups -OCH3 is 1. The highest BCUT2D eigenvalue weighted by Crippen LogP contribution is 2.48. The van der Waals surface area contributed by atoms with Crippen molar-refractivity contribution in [2.24, 2.45) is 5.73 Å². The van der Waals surface area contributed by atoms with Gasteiger partial charge >= 0.3 is 0 Å². The Hall–Kier alpha value is -1.02. The van der Waals surface area contributed by atoms with Crippen molar-refractivity contribution in [3.63, 3.8) is 0 Å². The van der Waals surface area contributed by atoms with Crippen LogP contribution in [0, 0.1) is 6.92 Å². The van der Waals surface area contributed by atoms with E-state index in [-0.39, 0.29) is 5.41 Å². The van der Waals surface area contributed by atoms with Crippen molar-refractivity contribution in [3.05, 3.63) is 29.3 Å². The minimum atomic E-state index is 0.265. The summed E-state index contributed by atoms with van der Waals surface area (Å²) in [5, 5.41) is 0. The molecule has 1 fully saturated rings. The number of benzene rings is 1. The van der Waals surface area contributed by atoms with Gasteiger partial charge in [0.25, 0.3) is 0 Å². The molecule has 1 aromatic rings. The maximum Gasteiger partial charge on any atom is 0.122 e. The lowest BCUT2D eigenvalue weighted by Crippen LogP contribution is -2.19. The van der Waals surface area contributed by atoms with Crippen molar-refractivity contribution in [2.75, 3.05) is 13.7 Å². The third-order valence-corrected chi connectivity index (χ3v) is 3.26. The monoisotopic (exact) mass is 191 g/mol. The van der Waals surface area contributed by atoms with Crippen molar-refractivity contribution >= 4 is 0 Å². The Kier molecular flexibility index (Phi) is 2.23. The molecule has 0 unspecified atom stereocenters. The van der Waals surface area contributed by atoms with E-state index < -0.39 is 0 Å². The zero-order valence-corrected chi connectivity index (χ0v) is 8.84. The molecule has 1 saturated carbocycles. The molecule has 2 rings (SSSR count). The minimum Gasteiger partial charge on any atom is -0.496 e. The van der Waals surface area contributed by atoms with Crippen LogP contribution >= 0.6 is 0 Å². The number of ether oxygens (including phenoxy) is 1. The fraction of sp³-hybridized carbons (Fsp3) is 0.500. The van der Waals surface area contributed by atoms with Crippen LogP contribution < -0.4 is 10.5 Å². The molecule has 0 amide bonds. The molecule has 14 heavy (non-hydrogen) atoms. The first kappa shape index (κ1) is 9.53. The molecule has 2 nitrogen and oxygen atoms in total. The highest BCUT2D eigenvalue weighted by atomic mass is 16.5. The summed E-state index contributed by atoms with van der Waals surface area (Å²) < 4.78 is 5.31. The molecule has 2 heteroatoms. The van der Waals surface area contributed by atoms with Crippen LogP contribution in [0.15, 0.2) is 18.2 Å². The largest absolute Gasteiger partial charge is 0.496 e. The van der Waals surface area contributed by atoms with Crippen molar-refractivity contribution in [1.29, 1.82) is 0 Å². The van der Waals surface area contributed by atoms with Gasteiger partial charge in [-0.05, 0) is 37.0 Å². The van der Waals surface area contributed by atoms with Crippen LogP contribution in [0.25, 0.3) is 0 Å². The van der Waals surface area contributed by atoms with Crippen molar-refractivity contribution in [3.8, 4) is 5.75 Å². The van der Waals surface area contributed by atoms with Gasteiger partial charge in [-0.15, -0.1) is 0 Å². The summed E-state index contributed by atoms with van der Waals surface area (Å²) in [7, 11) is 1.72. The van der Waals surface area contributed by atoms with Crippen LogP contribution in [0.3, 0.4) is 0 Å². The Morgan fingerprint density at radius 1 is 1.43 bits per heavy atom. The van der Waals surface area contributed by atoms with Crippen molar-refractivity contribution in [1.82, 2.24) is 0 Å². The second-order valence-electron chi connectivity index (χ2n) is 4.17. The number of hydrogen-bond donors (Lipinski definition) is 1. The molecule has 0 heterocycles. The van der Waals surface area contributed by atoms with Gasteiger partial charge in [0, 0.05) is 12.0 Å². The van der Waals surface area contributed by atoms with E-state index in [1.807, 2.05) is 0 Å². The van der Waals surface area contributed by atoms with Gasteiger partial charge in [-0.2, -0.15) is 0 Å². The van der Waals surface area contributed by atoms with Crippen molar-refractivity contribution < 1.29 is 4.74 Å². The third kappa shape index (κ3) is 1.40. The Morgan fingerprint density at radius 3 is 2.64 bits per heavy atom. The second kappa shape index (κ2) is 3.28. The van der Waals surface area contributed by atoms with Gasteiger partial charge in [0.15, 0.2) is 0 Å². The molecule has 1 aliphatic rings. The number of hydrogen-bond acceptors (Lipinski definition) is 2. The summed E-state index contributed by atoms with van der Waals surface area (Å²) in [5.74, 6) is 0.974. The molecule has 0 radical (unpaired) electrons. The van der Waals surface area contributed by atoms with Crippen LogP contribution in [-0.2, 0) is 5.41 Å². The minimum absolute atomic E-state index is 0.265. The van der Waals surface area contributed by atoms with E-state index in [2.05, 4.69) is 25.1 Å². The first-order chi connectivity index (χ1) is 6.72. The predicted octanol–water partition coefficient (Wildman–Crippen LogP) is 1.99. The van der Waals surface area contributed by atoms with Crippen molar-refractivity contribution in [2.45, 2.75) is 25.2 Å². The van der Waals surface area contributed by atoms with Gasteiger partial charge in [-0.1, -0.05) is 12.1 Å². The predicted molar refractivity (Wildman–Crippen MR) is 57.7 cm³/mol. The van der Waals surface area contributed by atoms with Gasteiger partial charge in [0.2, 0.25) is 0 Å². The number of rotatable bonds is 3. The molecular formula is C12H17NO. The quantitative estimate of drug-likeness (QED) is 0.793. The van der Waals surface area contributed by atoms with Gasteiger partial charge in [0.05, 0.1) is 7.11 Å². The fourth-order valence-corrected chi connectivity index (χ4v) is 1.91. The SMILES string of the molecule is COc1cc(C2(CN)CC2)ccc1C. The molecule has 1 aliphatic carbocycles. The molecule has 0 atom stereocenters. The van der Waals surface area contributed by atoms with Crippen LogP contribution in [0.5, 0.6) is 5.75 Å². The van der Waals surface area contributed by atoms with E-state index in [9.17, 15) is 0 Å². The molecule has 2 N–H and O–H groups in total. The average Bonchev–Trinajstić information content (AvgIpc) is 2.99. The maximum absolute atomic E-state index is 5.79. The lowest BCUT2D eigenvalue weighted by molar-refractivity contribution is 0.410. The number of nitrogens with two attached hydrogens (primary N) is 1. The van der Waals surface area contributed by atoms with Gasteiger partial charge in [-0.25, -0.2) is 0 Å². The van der Waals surface area contributed by atoms with E-state index in [0.29, 0.717) is 0 Å². The van der Waals surface area contributed by atoms with E-state index in [0.717, 1.165) is 12.3 Å². The second-order valence-corrected chi connectivity index (χ2v) is 4.17. The summed E-state index contributed by atoms with van der Waals surface area (Å²) in [6.07, 6.45) is 2.44. The molecule has 76 valence electrons. The van der Waals surface area contributed by atoms with Crippen LogP contribution in [-0.4, -0.2) is 13.7 Å². The fourth-order valence-electron chi connectivity index (χ4n) is 1.91. The molecule has 1 aromatic carbocycles. The molecule has 0 spiro atoms. The summed E-state index contributed by atoms with van der Waals surface area (Å²) >= 11 is 0. The van der Waals surface area contributed by atoms with Gasteiger partial charge in [0.1, 0.15) is 5.75 Å².